The van der Waals surface area contributed by atoms with Gasteiger partial charge < -0.3 is 15.5 Å². The number of nitrogens with zero attached hydrogens (tertiary/aromatic N) is 3. The lowest BCUT2D eigenvalue weighted by molar-refractivity contribution is -0.185. The van der Waals surface area contributed by atoms with Crippen molar-refractivity contribution in [2.24, 2.45) is 5.73 Å². The van der Waals surface area contributed by atoms with Gasteiger partial charge in [-0.25, -0.2) is 8.42 Å². The normalized spacial score (nSPS) is 24.8. The molecule has 0 aromatic heterocycles. The average Bonchev–Trinajstić information content (AvgIpc) is 2.81. The maximum absolute atomic E-state index is 14.0. The topological polar surface area (TPSA) is 121 Å². The molecule has 1 aliphatic carbocycles. The number of halogens is 3. The SMILES string of the molecule is NC(=O)C12CN(C3CCC3)C(=O)C(Cc3ccc(Cl)cc3)N1C(=O)[C]CN2S(=O)(=O)c1ccc(Cl)cc1Cl. The molecule has 200 valence electrons. The third-order valence-electron chi connectivity index (χ3n) is 7.39. The van der Waals surface area contributed by atoms with Crippen molar-refractivity contribution < 1.29 is 22.8 Å². The number of primary amides is 1. The number of benzene rings is 2. The zero-order valence-electron chi connectivity index (χ0n) is 19.9. The first-order valence-corrected chi connectivity index (χ1v) is 14.4. The van der Waals surface area contributed by atoms with Gasteiger partial charge in [0, 0.05) is 29.1 Å². The molecule has 9 nitrogen and oxygen atoms in total. The molecule has 5 rings (SSSR count). The van der Waals surface area contributed by atoms with Crippen LogP contribution in [0.25, 0.3) is 0 Å². The Hall–Kier alpha value is -2.37. The van der Waals surface area contributed by atoms with E-state index in [0.29, 0.717) is 23.4 Å². The number of nitrogens with two attached hydrogens (primary N) is 1. The minimum Gasteiger partial charge on any atom is -0.366 e. The van der Waals surface area contributed by atoms with E-state index < -0.39 is 46.6 Å². The van der Waals surface area contributed by atoms with Crippen LogP contribution in [0, 0.1) is 6.42 Å². The molecule has 2 unspecified atom stereocenters. The lowest BCUT2D eigenvalue weighted by atomic mass is 9.85. The van der Waals surface area contributed by atoms with Gasteiger partial charge in [0.1, 0.15) is 10.9 Å². The summed E-state index contributed by atoms with van der Waals surface area (Å²) in [6, 6.07) is 9.11. The summed E-state index contributed by atoms with van der Waals surface area (Å²) in [5, 5.41) is 0.537. The van der Waals surface area contributed by atoms with Crippen LogP contribution in [-0.4, -0.2) is 71.1 Å². The zero-order valence-corrected chi connectivity index (χ0v) is 23.0. The van der Waals surface area contributed by atoms with Gasteiger partial charge in [-0.1, -0.05) is 46.9 Å². The Morgan fingerprint density at radius 3 is 2.29 bits per heavy atom. The highest BCUT2D eigenvalue weighted by Gasteiger charge is 2.65. The Morgan fingerprint density at radius 2 is 1.71 bits per heavy atom. The molecule has 2 atom stereocenters. The summed E-state index contributed by atoms with van der Waals surface area (Å²) in [6.45, 7) is -0.958. The largest absolute Gasteiger partial charge is 0.366 e. The first-order chi connectivity index (χ1) is 18.0. The Bertz CT molecular complexity index is 1420. The molecule has 38 heavy (non-hydrogen) atoms. The fourth-order valence-corrected chi connectivity index (χ4v) is 7.73. The molecular weight excluding hydrogens is 575 g/mol. The van der Waals surface area contributed by atoms with E-state index in [4.69, 9.17) is 40.5 Å². The van der Waals surface area contributed by atoms with Gasteiger partial charge >= 0.3 is 0 Å². The van der Waals surface area contributed by atoms with Crippen LogP contribution in [0.2, 0.25) is 15.1 Å². The number of carbonyl (C=O) groups is 3. The summed E-state index contributed by atoms with van der Waals surface area (Å²) in [5.41, 5.74) is 4.43. The second kappa shape index (κ2) is 9.98. The summed E-state index contributed by atoms with van der Waals surface area (Å²) in [7, 11) is -4.53. The first kappa shape index (κ1) is 27.2. The molecule has 2 aromatic rings. The van der Waals surface area contributed by atoms with Crippen molar-refractivity contribution in [1.82, 2.24) is 14.1 Å². The standard InChI is InChI=1S/C25H23Cl3N4O5S/c26-16-6-4-15(5-7-16)12-20-23(34)30(18-2-1-3-18)14-25(24(29)35)31(11-10-22(33)32(20)25)38(36,37)21-9-8-17(27)13-19(21)28/h4-9,13,18,20H,1-3,11-12,14H2,(H2,29,35). The van der Waals surface area contributed by atoms with Gasteiger partial charge in [0.05, 0.1) is 18.0 Å². The molecule has 2 radical (unpaired) electrons. The van der Waals surface area contributed by atoms with E-state index >= 15 is 0 Å². The number of fused-ring (bicyclic) bond motifs is 1. The summed E-state index contributed by atoms with van der Waals surface area (Å²) in [6.07, 6.45) is 4.77. The maximum Gasteiger partial charge on any atom is 0.261 e. The van der Waals surface area contributed by atoms with Crippen LogP contribution in [0.15, 0.2) is 47.4 Å². The van der Waals surface area contributed by atoms with E-state index in [1.165, 1.54) is 23.1 Å². The second-order valence-corrected chi connectivity index (χ2v) is 12.6. The zero-order chi connectivity index (χ0) is 27.4. The monoisotopic (exact) mass is 596 g/mol. The van der Waals surface area contributed by atoms with Crippen molar-refractivity contribution in [3.05, 3.63) is 69.5 Å². The Labute approximate surface area is 235 Å². The minimum atomic E-state index is -4.53. The highest BCUT2D eigenvalue weighted by Crippen LogP contribution is 2.42. The van der Waals surface area contributed by atoms with Crippen LogP contribution in [-0.2, 0) is 30.8 Å². The second-order valence-electron chi connectivity index (χ2n) is 9.52. The quantitative estimate of drug-likeness (QED) is 0.549. The van der Waals surface area contributed by atoms with Gasteiger partial charge in [0.2, 0.25) is 27.5 Å². The number of hydrogen-bond donors (Lipinski definition) is 1. The van der Waals surface area contributed by atoms with Crippen molar-refractivity contribution in [1.29, 1.82) is 0 Å². The Morgan fingerprint density at radius 1 is 1.05 bits per heavy atom. The molecule has 2 N–H and O–H groups in total. The van der Waals surface area contributed by atoms with Gasteiger partial charge in [-0.05, 0) is 55.2 Å². The fourth-order valence-electron chi connectivity index (χ4n) is 5.25. The molecular formula is C25H23Cl3N4O5S. The molecule has 0 bridgehead atoms. The van der Waals surface area contributed by atoms with Gasteiger partial charge in [-0.3, -0.25) is 14.4 Å². The molecule has 1 saturated carbocycles. The Balaban J connectivity index is 1.67. The van der Waals surface area contributed by atoms with Crippen molar-refractivity contribution in [2.75, 3.05) is 13.1 Å². The van der Waals surface area contributed by atoms with Crippen molar-refractivity contribution in [3.63, 3.8) is 0 Å². The van der Waals surface area contributed by atoms with E-state index in [1.54, 1.807) is 24.3 Å². The van der Waals surface area contributed by atoms with E-state index in [2.05, 4.69) is 6.42 Å². The predicted molar refractivity (Wildman–Crippen MR) is 141 cm³/mol. The van der Waals surface area contributed by atoms with E-state index in [1.807, 2.05) is 0 Å². The van der Waals surface area contributed by atoms with Crippen LogP contribution >= 0.6 is 34.8 Å². The molecule has 3 amide bonds. The minimum absolute atomic E-state index is 0.0112. The molecule has 2 heterocycles. The predicted octanol–water partition coefficient (Wildman–Crippen LogP) is 2.75. The smallest absolute Gasteiger partial charge is 0.261 e. The Kier molecular flexibility index (Phi) is 7.15. The summed E-state index contributed by atoms with van der Waals surface area (Å²) in [4.78, 5) is 42.8. The van der Waals surface area contributed by atoms with E-state index in [-0.39, 0.29) is 33.3 Å². The molecule has 13 heteroatoms. The third-order valence-corrected chi connectivity index (χ3v) is 10.2. The first-order valence-electron chi connectivity index (χ1n) is 11.9. The summed E-state index contributed by atoms with van der Waals surface area (Å²) in [5.74, 6) is -2.25. The molecule has 0 spiro atoms. The number of piperazine rings is 1. The van der Waals surface area contributed by atoms with Gasteiger partial charge in [0.15, 0.2) is 0 Å². The van der Waals surface area contributed by atoms with Crippen LogP contribution in [0.5, 0.6) is 0 Å². The summed E-state index contributed by atoms with van der Waals surface area (Å²) < 4.78 is 28.9. The molecule has 2 saturated heterocycles. The highest BCUT2D eigenvalue weighted by atomic mass is 35.5. The number of rotatable bonds is 6. The average molecular weight is 598 g/mol. The highest BCUT2D eigenvalue weighted by molar-refractivity contribution is 7.89. The van der Waals surface area contributed by atoms with Gasteiger partial charge in [0.25, 0.3) is 5.91 Å². The number of amides is 3. The van der Waals surface area contributed by atoms with Crippen LogP contribution in [0.1, 0.15) is 24.8 Å². The van der Waals surface area contributed by atoms with Crippen molar-refractivity contribution in [2.45, 2.75) is 48.3 Å². The van der Waals surface area contributed by atoms with E-state index in [9.17, 15) is 22.8 Å². The molecule has 2 aromatic carbocycles. The third kappa shape index (κ3) is 4.36. The summed E-state index contributed by atoms with van der Waals surface area (Å²) >= 11 is 18.3. The number of hydrogen-bond acceptors (Lipinski definition) is 5. The fraction of sp³-hybridized carbons (Fsp3) is 0.360. The van der Waals surface area contributed by atoms with Gasteiger partial charge in [-0.2, -0.15) is 4.31 Å². The van der Waals surface area contributed by atoms with Crippen molar-refractivity contribution in [3.8, 4) is 0 Å². The number of sulfonamides is 1. The van der Waals surface area contributed by atoms with E-state index in [0.717, 1.165) is 15.6 Å². The van der Waals surface area contributed by atoms with Crippen LogP contribution < -0.4 is 5.73 Å². The molecule has 2 aliphatic heterocycles. The van der Waals surface area contributed by atoms with Crippen LogP contribution in [0.4, 0.5) is 0 Å². The lowest BCUT2D eigenvalue weighted by Crippen LogP contribution is -2.83. The van der Waals surface area contributed by atoms with Crippen LogP contribution in [0.3, 0.4) is 0 Å². The molecule has 3 aliphatic rings. The maximum atomic E-state index is 14.0. The van der Waals surface area contributed by atoms with Crippen molar-refractivity contribution >= 4 is 62.5 Å². The lowest BCUT2D eigenvalue weighted by Gasteiger charge is -2.59. The molecule has 3 fully saturated rings. The van der Waals surface area contributed by atoms with Gasteiger partial charge in [-0.15, -0.1) is 0 Å². The number of carbonyl (C=O) groups excluding carboxylic acids is 3.